The van der Waals surface area contributed by atoms with E-state index in [2.05, 4.69) is 20.3 Å². The average molecular weight is 362 g/mol. The van der Waals surface area contributed by atoms with Crippen LogP contribution in [0.25, 0.3) is 11.2 Å². The minimum atomic E-state index is -0.821. The molecule has 10 heteroatoms. The molecule has 0 aromatic carbocycles. The number of nitrogens with one attached hydrogen (secondary N) is 1. The highest BCUT2D eigenvalue weighted by molar-refractivity contribution is 5.83. The highest BCUT2D eigenvalue weighted by atomic mass is 16.8. The van der Waals surface area contributed by atoms with Crippen LogP contribution in [0.15, 0.2) is 12.7 Å². The van der Waals surface area contributed by atoms with Crippen LogP contribution in [-0.4, -0.2) is 55.6 Å². The molecule has 0 unspecified atom stereocenters. The van der Waals surface area contributed by atoms with Crippen LogP contribution >= 0.6 is 0 Å². The van der Waals surface area contributed by atoms with Crippen molar-refractivity contribution in [2.24, 2.45) is 0 Å². The van der Waals surface area contributed by atoms with Gasteiger partial charge in [0.15, 0.2) is 29.6 Å². The van der Waals surface area contributed by atoms with Crippen molar-refractivity contribution >= 4 is 22.9 Å². The number of rotatable bonds is 3. The van der Waals surface area contributed by atoms with E-state index in [9.17, 15) is 4.79 Å². The molecule has 4 heterocycles. The Hall–Kier alpha value is -2.30. The molecule has 140 valence electrons. The van der Waals surface area contributed by atoms with Gasteiger partial charge in [0.1, 0.15) is 24.1 Å². The Labute approximate surface area is 150 Å². The second-order valence-electron chi connectivity index (χ2n) is 7.26. The summed E-state index contributed by atoms with van der Waals surface area (Å²) in [4.78, 5) is 25.1. The zero-order valence-electron chi connectivity index (χ0n) is 15.0. The third-order valence-corrected chi connectivity index (χ3v) is 4.38. The lowest BCUT2D eigenvalue weighted by atomic mass is 10.1. The largest absolute Gasteiger partial charge is 0.382 e. The topological polar surface area (TPSA) is 126 Å². The molecule has 2 aliphatic heterocycles. The maximum atomic E-state index is 12.6. The number of nitrogens with zero attached hydrogens (tertiary/aromatic N) is 4. The molecule has 26 heavy (non-hydrogen) atoms. The van der Waals surface area contributed by atoms with Gasteiger partial charge in [0.05, 0.1) is 6.33 Å². The molecular weight excluding hydrogens is 340 g/mol. The van der Waals surface area contributed by atoms with Crippen LogP contribution in [0.1, 0.15) is 33.9 Å². The van der Waals surface area contributed by atoms with E-state index < -0.39 is 30.3 Å². The molecule has 0 saturated carbocycles. The zero-order chi connectivity index (χ0) is 18.6. The van der Waals surface area contributed by atoms with Crippen LogP contribution in [0.4, 0.5) is 5.82 Å². The minimum absolute atomic E-state index is 0.0134. The van der Waals surface area contributed by atoms with Crippen LogP contribution in [0.3, 0.4) is 0 Å². The van der Waals surface area contributed by atoms with Crippen molar-refractivity contribution in [2.45, 2.75) is 64.1 Å². The summed E-state index contributed by atoms with van der Waals surface area (Å²) < 4.78 is 19.7. The fourth-order valence-corrected chi connectivity index (χ4v) is 3.43. The van der Waals surface area contributed by atoms with Gasteiger partial charge in [0.2, 0.25) is 0 Å². The molecule has 10 nitrogen and oxygen atoms in total. The molecule has 4 rings (SSSR count). The Kier molecular flexibility index (Phi) is 3.86. The van der Waals surface area contributed by atoms with Crippen LogP contribution in [-0.2, 0) is 19.0 Å². The van der Waals surface area contributed by atoms with Gasteiger partial charge in [-0.25, -0.2) is 15.0 Å². The van der Waals surface area contributed by atoms with Crippen molar-refractivity contribution < 1.29 is 19.0 Å². The predicted molar refractivity (Wildman–Crippen MR) is 90.7 cm³/mol. The van der Waals surface area contributed by atoms with Crippen LogP contribution < -0.4 is 11.1 Å². The summed E-state index contributed by atoms with van der Waals surface area (Å²) in [6.07, 6.45) is 0.484. The van der Waals surface area contributed by atoms with Crippen LogP contribution in [0.2, 0.25) is 0 Å². The molecule has 4 atom stereocenters. The van der Waals surface area contributed by atoms with Gasteiger partial charge >= 0.3 is 0 Å². The minimum Gasteiger partial charge on any atom is -0.382 e. The van der Waals surface area contributed by atoms with Crippen molar-refractivity contribution in [1.29, 1.82) is 0 Å². The smallest absolute Gasteiger partial charge is 0.252 e. The number of aromatic nitrogens is 4. The zero-order valence-corrected chi connectivity index (χ0v) is 15.0. The van der Waals surface area contributed by atoms with E-state index in [4.69, 9.17) is 19.9 Å². The molecule has 0 bridgehead atoms. The van der Waals surface area contributed by atoms with Crippen molar-refractivity contribution in [1.82, 2.24) is 24.8 Å². The highest BCUT2D eigenvalue weighted by Crippen LogP contribution is 2.43. The fourth-order valence-electron chi connectivity index (χ4n) is 3.43. The molecule has 2 aromatic heterocycles. The fraction of sp³-hybridized carbons (Fsp3) is 0.625. The standard InChI is InChI=1S/C16H22N6O4/c1-7(2)21-14(23)10-9-11(26-16(3,4)25-9)15(24-10)22-6-20-8-12(17)18-5-19-13(8)22/h5-7,9-11,15H,1-4H3,(H,21,23)(H2,17,18,19)/t9-,10+,11-,15-/m1/s1. The van der Waals surface area contributed by atoms with Gasteiger partial charge in [0.25, 0.3) is 5.91 Å². The Morgan fingerprint density at radius 1 is 1.27 bits per heavy atom. The molecule has 2 aliphatic rings. The SMILES string of the molecule is CC(C)NC(=O)[C@H]1O[C@@H](n2cnc3c(N)ncnc32)[C@@H]2OC(C)(C)O[C@@H]21. The normalized spacial score (nSPS) is 30.0. The molecular formula is C16H22N6O4. The molecule has 2 saturated heterocycles. The van der Waals surface area contributed by atoms with Gasteiger partial charge in [-0.15, -0.1) is 0 Å². The molecule has 0 spiro atoms. The number of carbonyl (C=O) groups is 1. The maximum Gasteiger partial charge on any atom is 0.252 e. The van der Waals surface area contributed by atoms with Crippen molar-refractivity contribution in [3.8, 4) is 0 Å². The molecule has 1 amide bonds. The second-order valence-corrected chi connectivity index (χ2v) is 7.26. The summed E-state index contributed by atoms with van der Waals surface area (Å²) in [7, 11) is 0. The first kappa shape index (κ1) is 17.1. The third-order valence-electron chi connectivity index (χ3n) is 4.38. The van der Waals surface area contributed by atoms with Crippen molar-refractivity contribution in [3.63, 3.8) is 0 Å². The summed E-state index contributed by atoms with van der Waals surface area (Å²) in [6.45, 7) is 7.40. The maximum absolute atomic E-state index is 12.6. The second kappa shape index (κ2) is 5.86. The summed E-state index contributed by atoms with van der Waals surface area (Å²) in [5.41, 5.74) is 6.85. The van der Waals surface area contributed by atoms with Gasteiger partial charge in [-0.3, -0.25) is 9.36 Å². The highest BCUT2D eigenvalue weighted by Gasteiger charge is 2.58. The predicted octanol–water partition coefficient (Wildman–Crippen LogP) is 0.351. The van der Waals surface area contributed by atoms with E-state index in [0.29, 0.717) is 11.2 Å². The number of amides is 1. The number of anilines is 1. The number of carbonyl (C=O) groups excluding carboxylic acids is 1. The van der Waals surface area contributed by atoms with E-state index in [-0.39, 0.29) is 17.8 Å². The average Bonchev–Trinajstić information content (AvgIpc) is 3.17. The number of hydrogen-bond acceptors (Lipinski definition) is 8. The van der Waals surface area contributed by atoms with Gasteiger partial charge in [-0.1, -0.05) is 0 Å². The monoisotopic (exact) mass is 362 g/mol. The van der Waals surface area contributed by atoms with Gasteiger partial charge in [-0.05, 0) is 27.7 Å². The van der Waals surface area contributed by atoms with E-state index in [0.717, 1.165) is 0 Å². The number of hydrogen-bond donors (Lipinski definition) is 2. The number of fused-ring (bicyclic) bond motifs is 2. The molecule has 0 radical (unpaired) electrons. The first-order valence-corrected chi connectivity index (χ1v) is 8.51. The molecule has 2 fully saturated rings. The van der Waals surface area contributed by atoms with E-state index in [1.807, 2.05) is 27.7 Å². The Bertz CT molecular complexity index is 850. The Morgan fingerprint density at radius 3 is 2.73 bits per heavy atom. The molecule has 3 N–H and O–H groups in total. The molecule has 0 aliphatic carbocycles. The Morgan fingerprint density at radius 2 is 2.00 bits per heavy atom. The first-order valence-electron chi connectivity index (χ1n) is 8.51. The lowest BCUT2D eigenvalue weighted by Crippen LogP contribution is -2.45. The van der Waals surface area contributed by atoms with Crippen molar-refractivity contribution in [2.75, 3.05) is 5.73 Å². The third kappa shape index (κ3) is 2.70. The van der Waals surface area contributed by atoms with Crippen molar-refractivity contribution in [3.05, 3.63) is 12.7 Å². The summed E-state index contributed by atoms with van der Waals surface area (Å²) in [6, 6.07) is -0.0134. The number of nitrogen functional groups attached to an aromatic ring is 1. The number of nitrogens with two attached hydrogens (primary N) is 1. The van der Waals surface area contributed by atoms with E-state index in [1.54, 1.807) is 10.9 Å². The number of ether oxygens (including phenoxy) is 3. The lowest BCUT2D eigenvalue weighted by Gasteiger charge is -2.24. The van der Waals surface area contributed by atoms with E-state index in [1.165, 1.54) is 6.33 Å². The van der Waals surface area contributed by atoms with Crippen LogP contribution in [0.5, 0.6) is 0 Å². The summed E-state index contributed by atoms with van der Waals surface area (Å²) in [5.74, 6) is -0.781. The summed E-state index contributed by atoms with van der Waals surface area (Å²) >= 11 is 0. The lowest BCUT2D eigenvalue weighted by molar-refractivity contribution is -0.197. The molecule has 2 aromatic rings. The van der Waals surface area contributed by atoms with Gasteiger partial charge in [-0.2, -0.15) is 0 Å². The van der Waals surface area contributed by atoms with Gasteiger partial charge < -0.3 is 25.3 Å². The Balaban J connectivity index is 1.72. The van der Waals surface area contributed by atoms with Gasteiger partial charge in [0, 0.05) is 6.04 Å². The van der Waals surface area contributed by atoms with Crippen LogP contribution in [0, 0.1) is 0 Å². The van der Waals surface area contributed by atoms with E-state index >= 15 is 0 Å². The summed E-state index contributed by atoms with van der Waals surface area (Å²) in [5, 5.41) is 2.87. The number of imidazole rings is 1. The first-order chi connectivity index (χ1) is 12.3. The quantitative estimate of drug-likeness (QED) is 0.801.